The zero-order chi connectivity index (χ0) is 23.0. The number of methoxy groups -OCH3 is 2. The van der Waals surface area contributed by atoms with Crippen molar-refractivity contribution >= 4 is 17.7 Å². The van der Waals surface area contributed by atoms with E-state index in [2.05, 4.69) is 16.2 Å². The molecule has 0 aromatic heterocycles. The van der Waals surface area contributed by atoms with Gasteiger partial charge in [0.1, 0.15) is 5.75 Å². The molecule has 0 aliphatic carbocycles. The van der Waals surface area contributed by atoms with E-state index in [0.29, 0.717) is 22.8 Å². The molecule has 31 heavy (non-hydrogen) atoms. The third-order valence-corrected chi connectivity index (χ3v) is 4.61. The molecule has 1 atom stereocenters. The SMILES string of the molecule is COc1ccc(C(=O)NCC(=O)NNC(=O)C(C)Oc2cccc(C)c2C)cc1OC. The van der Waals surface area contributed by atoms with Gasteiger partial charge in [0.2, 0.25) is 0 Å². The number of hydrazine groups is 1. The number of carbonyl (C=O) groups is 3. The summed E-state index contributed by atoms with van der Waals surface area (Å²) in [6.07, 6.45) is -0.831. The first-order valence-corrected chi connectivity index (χ1v) is 9.58. The average molecular weight is 429 g/mol. The summed E-state index contributed by atoms with van der Waals surface area (Å²) in [5.41, 5.74) is 6.80. The number of ether oxygens (including phenoxy) is 3. The summed E-state index contributed by atoms with van der Waals surface area (Å²) in [6, 6.07) is 10.2. The van der Waals surface area contributed by atoms with E-state index in [1.165, 1.54) is 20.3 Å². The lowest BCUT2D eigenvalue weighted by atomic mass is 10.1. The highest BCUT2D eigenvalue weighted by atomic mass is 16.5. The molecule has 1 unspecified atom stereocenters. The second-order valence-electron chi connectivity index (χ2n) is 6.75. The molecule has 0 fully saturated rings. The molecule has 2 aromatic carbocycles. The minimum atomic E-state index is -0.831. The maximum absolute atomic E-state index is 12.2. The van der Waals surface area contributed by atoms with Crippen LogP contribution in [0.25, 0.3) is 0 Å². The monoisotopic (exact) mass is 429 g/mol. The highest BCUT2D eigenvalue weighted by Crippen LogP contribution is 2.27. The van der Waals surface area contributed by atoms with Gasteiger partial charge in [0.15, 0.2) is 17.6 Å². The topological polar surface area (TPSA) is 115 Å². The van der Waals surface area contributed by atoms with E-state index in [1.807, 2.05) is 26.0 Å². The Morgan fingerprint density at radius 3 is 2.32 bits per heavy atom. The number of carbonyl (C=O) groups excluding carboxylic acids is 3. The van der Waals surface area contributed by atoms with E-state index < -0.39 is 23.8 Å². The van der Waals surface area contributed by atoms with Crippen molar-refractivity contribution in [1.29, 1.82) is 0 Å². The fourth-order valence-electron chi connectivity index (χ4n) is 2.61. The molecular formula is C22H27N3O6. The number of amides is 3. The predicted octanol–water partition coefficient (Wildman–Crippen LogP) is 1.67. The van der Waals surface area contributed by atoms with Crippen LogP contribution in [-0.2, 0) is 9.59 Å². The Hall–Kier alpha value is -3.75. The molecule has 2 aromatic rings. The van der Waals surface area contributed by atoms with Crippen LogP contribution in [0.3, 0.4) is 0 Å². The largest absolute Gasteiger partial charge is 0.493 e. The molecule has 3 N–H and O–H groups in total. The Labute approximate surface area is 181 Å². The molecule has 0 bridgehead atoms. The van der Waals surface area contributed by atoms with Crippen LogP contribution >= 0.6 is 0 Å². The number of nitrogens with one attached hydrogen (secondary N) is 3. The third-order valence-electron chi connectivity index (χ3n) is 4.61. The van der Waals surface area contributed by atoms with Crippen molar-refractivity contribution in [3.8, 4) is 17.2 Å². The Bertz CT molecular complexity index is 960. The molecule has 166 valence electrons. The summed E-state index contributed by atoms with van der Waals surface area (Å²) in [6.45, 7) is 5.09. The van der Waals surface area contributed by atoms with E-state index in [-0.39, 0.29) is 6.54 Å². The maximum Gasteiger partial charge on any atom is 0.279 e. The fourth-order valence-corrected chi connectivity index (χ4v) is 2.61. The maximum atomic E-state index is 12.2. The second kappa shape index (κ2) is 10.9. The normalized spacial score (nSPS) is 11.1. The minimum Gasteiger partial charge on any atom is -0.493 e. The molecule has 3 amide bonds. The minimum absolute atomic E-state index is 0.296. The van der Waals surface area contributed by atoms with Crippen molar-refractivity contribution in [2.75, 3.05) is 20.8 Å². The summed E-state index contributed by atoms with van der Waals surface area (Å²) in [5.74, 6) is -0.131. The van der Waals surface area contributed by atoms with Crippen LogP contribution in [0.4, 0.5) is 0 Å². The molecule has 9 nitrogen and oxygen atoms in total. The Morgan fingerprint density at radius 2 is 1.65 bits per heavy atom. The van der Waals surface area contributed by atoms with Crippen LogP contribution in [-0.4, -0.2) is 44.6 Å². The first-order valence-electron chi connectivity index (χ1n) is 9.58. The lowest BCUT2D eigenvalue weighted by Gasteiger charge is -2.17. The van der Waals surface area contributed by atoms with E-state index >= 15 is 0 Å². The third kappa shape index (κ3) is 6.36. The van der Waals surface area contributed by atoms with Gasteiger partial charge < -0.3 is 19.5 Å². The van der Waals surface area contributed by atoms with Crippen molar-refractivity contribution in [2.45, 2.75) is 26.9 Å². The summed E-state index contributed by atoms with van der Waals surface area (Å²) >= 11 is 0. The smallest absolute Gasteiger partial charge is 0.279 e. The Kier molecular flexibility index (Phi) is 8.25. The van der Waals surface area contributed by atoms with Crippen LogP contribution in [0.5, 0.6) is 17.2 Å². The van der Waals surface area contributed by atoms with E-state index in [9.17, 15) is 14.4 Å². The summed E-state index contributed by atoms with van der Waals surface area (Å²) in [7, 11) is 2.95. The Balaban J connectivity index is 1.81. The van der Waals surface area contributed by atoms with E-state index in [0.717, 1.165) is 11.1 Å². The van der Waals surface area contributed by atoms with Crippen LogP contribution in [0.15, 0.2) is 36.4 Å². The summed E-state index contributed by atoms with van der Waals surface area (Å²) < 4.78 is 15.9. The lowest BCUT2D eigenvalue weighted by Crippen LogP contribution is -2.50. The standard InChI is InChI=1S/C22H27N3O6/c1-13-7-6-8-17(14(13)2)31-15(3)21(27)25-24-20(26)12-23-22(28)16-9-10-18(29-4)19(11-16)30-5/h6-11,15H,12H2,1-5H3,(H,23,28)(H,24,26)(H,25,27). The van der Waals surface area contributed by atoms with Gasteiger partial charge in [-0.2, -0.15) is 0 Å². The summed E-state index contributed by atoms with van der Waals surface area (Å²) in [4.78, 5) is 36.4. The molecule has 9 heteroatoms. The highest BCUT2D eigenvalue weighted by Gasteiger charge is 2.17. The van der Waals surface area contributed by atoms with Crippen molar-refractivity contribution in [2.24, 2.45) is 0 Å². The van der Waals surface area contributed by atoms with Crippen LogP contribution in [0.2, 0.25) is 0 Å². The molecule has 0 saturated carbocycles. The van der Waals surface area contributed by atoms with Crippen LogP contribution < -0.4 is 30.4 Å². The van der Waals surface area contributed by atoms with E-state index in [1.54, 1.807) is 25.1 Å². The molecule has 0 spiro atoms. The number of aryl methyl sites for hydroxylation is 1. The van der Waals surface area contributed by atoms with Gasteiger partial charge in [0.25, 0.3) is 17.7 Å². The molecular weight excluding hydrogens is 402 g/mol. The van der Waals surface area contributed by atoms with Crippen LogP contribution in [0.1, 0.15) is 28.4 Å². The Morgan fingerprint density at radius 1 is 0.935 bits per heavy atom. The van der Waals surface area contributed by atoms with Crippen molar-refractivity contribution in [1.82, 2.24) is 16.2 Å². The number of rotatable bonds is 8. The lowest BCUT2D eigenvalue weighted by molar-refractivity contribution is -0.132. The van der Waals surface area contributed by atoms with Crippen molar-refractivity contribution < 1.29 is 28.6 Å². The molecule has 0 aliphatic rings. The van der Waals surface area contributed by atoms with Gasteiger partial charge in [-0.25, -0.2) is 0 Å². The van der Waals surface area contributed by atoms with Gasteiger partial charge in [-0.3, -0.25) is 25.2 Å². The molecule has 0 heterocycles. The van der Waals surface area contributed by atoms with Gasteiger partial charge in [-0.05, 0) is 56.2 Å². The average Bonchev–Trinajstić information content (AvgIpc) is 2.78. The van der Waals surface area contributed by atoms with E-state index in [4.69, 9.17) is 14.2 Å². The van der Waals surface area contributed by atoms with Gasteiger partial charge in [0, 0.05) is 5.56 Å². The van der Waals surface area contributed by atoms with Gasteiger partial charge in [0.05, 0.1) is 20.8 Å². The zero-order valence-electron chi connectivity index (χ0n) is 18.2. The van der Waals surface area contributed by atoms with Gasteiger partial charge >= 0.3 is 0 Å². The first-order chi connectivity index (χ1) is 14.8. The van der Waals surface area contributed by atoms with Gasteiger partial charge in [-0.15, -0.1) is 0 Å². The quantitative estimate of drug-likeness (QED) is 0.550. The summed E-state index contributed by atoms with van der Waals surface area (Å²) in [5, 5.41) is 2.46. The van der Waals surface area contributed by atoms with Crippen LogP contribution in [0, 0.1) is 13.8 Å². The predicted molar refractivity (Wildman–Crippen MR) is 114 cm³/mol. The van der Waals surface area contributed by atoms with Crippen molar-refractivity contribution in [3.05, 3.63) is 53.1 Å². The molecule has 2 rings (SSSR count). The number of benzene rings is 2. The van der Waals surface area contributed by atoms with Gasteiger partial charge in [-0.1, -0.05) is 12.1 Å². The fraction of sp³-hybridized carbons (Fsp3) is 0.318. The zero-order valence-corrected chi connectivity index (χ0v) is 18.2. The second-order valence-corrected chi connectivity index (χ2v) is 6.75. The van der Waals surface area contributed by atoms with Crippen molar-refractivity contribution in [3.63, 3.8) is 0 Å². The molecule has 0 aliphatic heterocycles. The molecule has 0 radical (unpaired) electrons. The number of hydrogen-bond acceptors (Lipinski definition) is 6. The first kappa shape index (κ1) is 23.5. The number of hydrogen-bond donors (Lipinski definition) is 3. The molecule has 0 saturated heterocycles. The highest BCUT2D eigenvalue weighted by molar-refractivity contribution is 5.97.